The number of alkyl halides is 5. The molecule has 0 aliphatic carbocycles. The molecule has 2 rings (SSSR count). The molecule has 0 bridgehead atoms. The van der Waals surface area contributed by atoms with Crippen LogP contribution in [-0.4, -0.2) is 61.1 Å². The molecule has 1 N–H and O–H groups in total. The number of nitrogens with zero attached hydrogens (tertiary/aromatic N) is 3. The molecule has 1 atom stereocenters. The average molecular weight is 465 g/mol. The van der Waals surface area contributed by atoms with Gasteiger partial charge in [-0.1, -0.05) is 23.7 Å². The molecule has 1 aromatic carbocycles. The highest BCUT2D eigenvalue weighted by molar-refractivity contribution is 6.33. The van der Waals surface area contributed by atoms with Gasteiger partial charge in [-0.25, -0.2) is 18.8 Å². The molecule has 0 aromatic heterocycles. The molecule has 1 saturated heterocycles. The first-order valence-corrected chi connectivity index (χ1v) is 9.75. The van der Waals surface area contributed by atoms with Crippen LogP contribution in [0.3, 0.4) is 0 Å². The van der Waals surface area contributed by atoms with Gasteiger partial charge in [0.1, 0.15) is 0 Å². The van der Waals surface area contributed by atoms with Gasteiger partial charge in [-0.2, -0.15) is 13.2 Å². The number of benzene rings is 1. The van der Waals surface area contributed by atoms with Crippen molar-refractivity contribution in [2.45, 2.75) is 37.9 Å². The number of halogens is 6. The maximum Gasteiger partial charge on any atom is 0.451 e. The Balaban J connectivity index is 2.23. The number of piperidine rings is 1. The van der Waals surface area contributed by atoms with Crippen molar-refractivity contribution >= 4 is 30.1 Å². The summed E-state index contributed by atoms with van der Waals surface area (Å²) in [6.07, 6.45) is -4.59. The van der Waals surface area contributed by atoms with Crippen molar-refractivity contribution in [2.75, 3.05) is 19.6 Å². The van der Waals surface area contributed by atoms with E-state index < -0.39 is 29.9 Å². The Labute approximate surface area is 181 Å². The second kappa shape index (κ2) is 10.3. The summed E-state index contributed by atoms with van der Waals surface area (Å²) in [5.41, 5.74) is 0.568. The summed E-state index contributed by atoms with van der Waals surface area (Å²) in [5.74, 6) is -4.71. The minimum absolute atomic E-state index is 0.0142. The quantitative estimate of drug-likeness (QED) is 0.376. The average Bonchev–Trinajstić information content (AvgIpc) is 2.68. The van der Waals surface area contributed by atoms with E-state index in [0.29, 0.717) is 5.57 Å². The van der Waals surface area contributed by atoms with Gasteiger partial charge in [-0.3, -0.25) is 9.69 Å². The maximum atomic E-state index is 13.6. The van der Waals surface area contributed by atoms with Gasteiger partial charge in [-0.15, -0.1) is 0 Å². The number of rotatable bonds is 6. The topological polar surface area (TPSA) is 57.1 Å². The lowest BCUT2D eigenvalue weighted by Crippen LogP contribution is -2.50. The molecule has 1 aromatic rings. The van der Waals surface area contributed by atoms with Crippen LogP contribution in [0, 0.1) is 0 Å². The van der Waals surface area contributed by atoms with Crippen molar-refractivity contribution in [1.29, 1.82) is 0 Å². The van der Waals surface area contributed by atoms with E-state index in [0.717, 1.165) is 6.20 Å². The van der Waals surface area contributed by atoms with E-state index in [2.05, 4.69) is 22.0 Å². The van der Waals surface area contributed by atoms with Crippen LogP contribution in [0.2, 0.25) is 5.02 Å². The van der Waals surface area contributed by atoms with Crippen LogP contribution >= 0.6 is 11.6 Å². The number of carbonyl (C=O) groups is 1. The summed E-state index contributed by atoms with van der Waals surface area (Å²) in [4.78, 5) is 20.4. The number of nitrogens with one attached hydrogen (secondary N) is 1. The lowest BCUT2D eigenvalue weighted by Gasteiger charge is -2.38. The van der Waals surface area contributed by atoms with E-state index >= 15 is 0 Å². The molecule has 1 aliphatic rings. The van der Waals surface area contributed by atoms with E-state index in [1.807, 2.05) is 0 Å². The number of amidine groups is 1. The molecule has 1 aliphatic heterocycles. The Hall–Kier alpha value is -2.33. The first-order valence-electron chi connectivity index (χ1n) is 9.37. The third-order valence-corrected chi connectivity index (χ3v) is 5.19. The minimum atomic E-state index is -4.78. The van der Waals surface area contributed by atoms with Crippen molar-refractivity contribution in [3.05, 3.63) is 46.6 Å². The summed E-state index contributed by atoms with van der Waals surface area (Å²) in [5, 5.41) is 2.90. The molecule has 170 valence electrons. The number of hydrogen-bond acceptors (Lipinski definition) is 3. The summed E-state index contributed by atoms with van der Waals surface area (Å²) in [6.45, 7) is 4.37. The van der Waals surface area contributed by atoms with Crippen molar-refractivity contribution in [1.82, 2.24) is 10.2 Å². The Kier molecular flexibility index (Phi) is 8.30. The molecular weight excluding hydrogens is 443 g/mol. The first-order chi connectivity index (χ1) is 14.4. The molecule has 1 fully saturated rings. The van der Waals surface area contributed by atoms with Crippen molar-refractivity contribution in [3.8, 4) is 0 Å². The van der Waals surface area contributed by atoms with Gasteiger partial charge in [0.25, 0.3) is 11.8 Å². The highest BCUT2D eigenvalue weighted by atomic mass is 35.5. The van der Waals surface area contributed by atoms with Crippen LogP contribution < -0.4 is 5.32 Å². The number of amides is 1. The van der Waals surface area contributed by atoms with Gasteiger partial charge in [0, 0.05) is 44.7 Å². The molecule has 5 nitrogen and oxygen atoms in total. The number of aliphatic imine (C=N–C) groups is 2. The highest BCUT2D eigenvalue weighted by Crippen LogP contribution is 2.30. The predicted molar refractivity (Wildman–Crippen MR) is 110 cm³/mol. The molecule has 0 radical (unpaired) electrons. The third kappa shape index (κ3) is 7.10. The molecule has 31 heavy (non-hydrogen) atoms. The van der Waals surface area contributed by atoms with Crippen LogP contribution in [0.15, 0.2) is 46.0 Å². The smallest absolute Gasteiger partial charge is 0.350 e. The summed E-state index contributed by atoms with van der Waals surface area (Å²) >= 11 is 6.01. The zero-order chi connectivity index (χ0) is 23.2. The van der Waals surface area contributed by atoms with Gasteiger partial charge in [0.05, 0.1) is 10.6 Å². The lowest BCUT2D eigenvalue weighted by atomic mass is 10.0. The Morgan fingerprint density at radius 2 is 1.94 bits per heavy atom. The van der Waals surface area contributed by atoms with Crippen LogP contribution in [0.1, 0.15) is 30.1 Å². The standard InChI is InChI=1S/C20H22ClF5N4O/c1-13(11-29-18(27-2)20(24,25)26)16(30-9-7-19(22,23)8-10-30)12-28-17(31)14-5-3-4-6-15(14)21/h3-6,11,16H,2,7-10,12H2,1H3,(H,28,31)/b13-11+,29-18-. The molecule has 1 heterocycles. The second-order valence-corrected chi connectivity index (χ2v) is 7.49. The van der Waals surface area contributed by atoms with Crippen LogP contribution in [0.5, 0.6) is 0 Å². The van der Waals surface area contributed by atoms with Crippen molar-refractivity contribution < 1.29 is 26.7 Å². The SMILES string of the molecule is C=N/C(=N\C=C(/C)C(CNC(=O)c1ccccc1Cl)N1CCC(F)(F)CC1)C(F)(F)F. The minimum Gasteiger partial charge on any atom is -0.350 e. The van der Waals surface area contributed by atoms with Gasteiger partial charge in [0.2, 0.25) is 5.84 Å². The number of likely N-dealkylation sites (tertiary alicyclic amines) is 1. The van der Waals surface area contributed by atoms with Crippen LogP contribution in [0.25, 0.3) is 0 Å². The van der Waals surface area contributed by atoms with E-state index in [1.54, 1.807) is 23.1 Å². The van der Waals surface area contributed by atoms with E-state index in [-0.39, 0.29) is 43.1 Å². The first kappa shape index (κ1) is 24.9. The molecule has 1 unspecified atom stereocenters. The van der Waals surface area contributed by atoms with Gasteiger partial charge < -0.3 is 5.32 Å². The largest absolute Gasteiger partial charge is 0.451 e. The van der Waals surface area contributed by atoms with E-state index in [1.165, 1.54) is 13.0 Å². The van der Waals surface area contributed by atoms with Crippen LogP contribution in [0.4, 0.5) is 22.0 Å². The zero-order valence-electron chi connectivity index (χ0n) is 16.7. The van der Waals surface area contributed by atoms with Gasteiger partial charge >= 0.3 is 6.18 Å². The Bertz CT molecular complexity index is 859. The molecule has 11 heteroatoms. The molecular formula is C20H22ClF5N4O. The molecule has 0 saturated carbocycles. The summed E-state index contributed by atoms with van der Waals surface area (Å²) in [7, 11) is 0. The number of carbonyl (C=O) groups excluding carboxylic acids is 1. The fraction of sp³-hybridized carbons (Fsp3) is 0.450. The summed E-state index contributed by atoms with van der Waals surface area (Å²) in [6, 6.07) is 5.71. The van der Waals surface area contributed by atoms with Gasteiger partial charge in [-0.05, 0) is 31.3 Å². The normalized spacial score (nSPS) is 19.1. The van der Waals surface area contributed by atoms with E-state index in [9.17, 15) is 26.7 Å². The highest BCUT2D eigenvalue weighted by Gasteiger charge is 2.37. The fourth-order valence-electron chi connectivity index (χ4n) is 3.12. The van der Waals surface area contributed by atoms with Crippen molar-refractivity contribution in [2.24, 2.45) is 9.98 Å². The Morgan fingerprint density at radius 3 is 2.48 bits per heavy atom. The number of hydrogen-bond donors (Lipinski definition) is 1. The summed E-state index contributed by atoms with van der Waals surface area (Å²) < 4.78 is 65.6. The third-order valence-electron chi connectivity index (χ3n) is 4.86. The van der Waals surface area contributed by atoms with Gasteiger partial charge in [0.15, 0.2) is 0 Å². The zero-order valence-corrected chi connectivity index (χ0v) is 17.5. The van der Waals surface area contributed by atoms with E-state index in [4.69, 9.17) is 11.6 Å². The molecule has 1 amide bonds. The lowest BCUT2D eigenvalue weighted by molar-refractivity contribution is -0.0609. The van der Waals surface area contributed by atoms with Crippen LogP contribution in [-0.2, 0) is 0 Å². The van der Waals surface area contributed by atoms with Crippen molar-refractivity contribution in [3.63, 3.8) is 0 Å². The fourth-order valence-corrected chi connectivity index (χ4v) is 3.35. The predicted octanol–water partition coefficient (Wildman–Crippen LogP) is 4.73. The monoisotopic (exact) mass is 464 g/mol. The Morgan fingerprint density at radius 1 is 1.32 bits per heavy atom. The second-order valence-electron chi connectivity index (χ2n) is 7.08. The maximum absolute atomic E-state index is 13.6. The molecule has 0 spiro atoms.